The quantitative estimate of drug-likeness (QED) is 0.633. The van der Waals surface area contributed by atoms with Gasteiger partial charge >= 0.3 is 0 Å². The van der Waals surface area contributed by atoms with Gasteiger partial charge in [0, 0.05) is 18.7 Å². The molecule has 0 heterocycles. The van der Waals surface area contributed by atoms with E-state index in [1.54, 1.807) is 32.4 Å². The summed E-state index contributed by atoms with van der Waals surface area (Å²) in [6.07, 6.45) is 3.30. The first-order chi connectivity index (χ1) is 13.6. The van der Waals surface area contributed by atoms with E-state index in [1.807, 2.05) is 30.3 Å². The normalized spacial score (nSPS) is 12.2. The van der Waals surface area contributed by atoms with Gasteiger partial charge < -0.3 is 14.8 Å². The van der Waals surface area contributed by atoms with E-state index >= 15 is 0 Å². The maximum atomic E-state index is 12.4. The molecule has 0 spiro atoms. The van der Waals surface area contributed by atoms with Crippen molar-refractivity contribution >= 4 is 12.0 Å². The highest BCUT2D eigenvalue weighted by Gasteiger charge is 2.18. The van der Waals surface area contributed by atoms with Crippen LogP contribution in [0.2, 0.25) is 0 Å². The minimum Gasteiger partial charge on any atom is -0.497 e. The summed E-state index contributed by atoms with van der Waals surface area (Å²) < 4.78 is 10.5. The molecule has 0 aliphatic rings. The Balaban J connectivity index is 2.05. The Labute approximate surface area is 168 Å². The van der Waals surface area contributed by atoms with E-state index in [4.69, 9.17) is 9.47 Å². The largest absolute Gasteiger partial charge is 0.497 e. The number of ether oxygens (including phenoxy) is 2. The van der Waals surface area contributed by atoms with Crippen molar-refractivity contribution in [3.05, 3.63) is 65.7 Å². The molecule has 28 heavy (non-hydrogen) atoms. The van der Waals surface area contributed by atoms with Crippen molar-refractivity contribution in [3.63, 3.8) is 0 Å². The molecule has 0 bridgehead atoms. The van der Waals surface area contributed by atoms with E-state index in [0.717, 1.165) is 18.7 Å². The maximum Gasteiger partial charge on any atom is 0.244 e. The fourth-order valence-electron chi connectivity index (χ4n) is 3.15. The minimum absolute atomic E-state index is 0.130. The summed E-state index contributed by atoms with van der Waals surface area (Å²) >= 11 is 0. The molecule has 1 N–H and O–H groups in total. The van der Waals surface area contributed by atoms with E-state index < -0.39 is 0 Å². The van der Waals surface area contributed by atoms with Crippen molar-refractivity contribution in [2.75, 3.05) is 33.9 Å². The van der Waals surface area contributed by atoms with Gasteiger partial charge in [-0.05, 0) is 42.4 Å². The van der Waals surface area contributed by atoms with E-state index in [2.05, 4.69) is 36.2 Å². The maximum absolute atomic E-state index is 12.4. The van der Waals surface area contributed by atoms with E-state index in [-0.39, 0.29) is 11.9 Å². The topological polar surface area (TPSA) is 50.8 Å². The first-order valence-electron chi connectivity index (χ1n) is 9.59. The highest BCUT2D eigenvalue weighted by atomic mass is 16.5. The van der Waals surface area contributed by atoms with Crippen LogP contribution in [0.4, 0.5) is 0 Å². The second kappa shape index (κ2) is 11.1. The molecule has 5 heteroatoms. The molecule has 0 fully saturated rings. The lowest BCUT2D eigenvalue weighted by Gasteiger charge is -2.30. The summed E-state index contributed by atoms with van der Waals surface area (Å²) in [6, 6.07) is 15.9. The molecule has 0 aliphatic heterocycles. The SMILES string of the molecule is CCN(CC)[C@@H](CNC(=O)/C=C/c1cc(OC)cc(OC)c1)c1ccccc1. The lowest BCUT2D eigenvalue weighted by Crippen LogP contribution is -2.37. The minimum atomic E-state index is -0.130. The number of hydrogen-bond donors (Lipinski definition) is 1. The molecule has 0 saturated heterocycles. The molecule has 2 aromatic rings. The Bertz CT molecular complexity index is 748. The van der Waals surface area contributed by atoms with Crippen LogP contribution in [0.5, 0.6) is 11.5 Å². The fourth-order valence-corrected chi connectivity index (χ4v) is 3.15. The van der Waals surface area contributed by atoms with Gasteiger partial charge in [0.25, 0.3) is 0 Å². The molecule has 1 amide bonds. The highest BCUT2D eigenvalue weighted by Crippen LogP contribution is 2.23. The third-order valence-corrected chi connectivity index (χ3v) is 4.71. The Morgan fingerprint density at radius 3 is 2.18 bits per heavy atom. The lowest BCUT2D eigenvalue weighted by atomic mass is 10.1. The van der Waals surface area contributed by atoms with Gasteiger partial charge in [0.2, 0.25) is 5.91 Å². The van der Waals surface area contributed by atoms with Crippen LogP contribution in [0, 0.1) is 0 Å². The zero-order valence-electron chi connectivity index (χ0n) is 17.1. The van der Waals surface area contributed by atoms with E-state index in [9.17, 15) is 4.79 Å². The van der Waals surface area contributed by atoms with Gasteiger partial charge in [-0.15, -0.1) is 0 Å². The molecular formula is C23H30N2O3. The van der Waals surface area contributed by atoms with Gasteiger partial charge in [0.05, 0.1) is 20.3 Å². The third-order valence-electron chi connectivity index (χ3n) is 4.71. The molecule has 5 nitrogen and oxygen atoms in total. The summed E-state index contributed by atoms with van der Waals surface area (Å²) in [5, 5.41) is 3.03. The van der Waals surface area contributed by atoms with Crippen molar-refractivity contribution in [2.24, 2.45) is 0 Å². The Kier molecular flexibility index (Phi) is 8.56. The average Bonchev–Trinajstić information content (AvgIpc) is 2.75. The molecule has 2 rings (SSSR count). The van der Waals surface area contributed by atoms with Gasteiger partial charge in [-0.1, -0.05) is 44.2 Å². The monoisotopic (exact) mass is 382 g/mol. The van der Waals surface area contributed by atoms with Gasteiger partial charge in [-0.25, -0.2) is 0 Å². The zero-order valence-corrected chi connectivity index (χ0v) is 17.1. The van der Waals surface area contributed by atoms with Crippen molar-refractivity contribution in [2.45, 2.75) is 19.9 Å². The second-order valence-corrected chi connectivity index (χ2v) is 6.37. The molecule has 1 atom stereocenters. The van der Waals surface area contributed by atoms with Crippen LogP contribution in [0.15, 0.2) is 54.6 Å². The van der Waals surface area contributed by atoms with Crippen LogP contribution in [0.3, 0.4) is 0 Å². The van der Waals surface area contributed by atoms with Crippen LogP contribution in [-0.4, -0.2) is 44.7 Å². The van der Waals surface area contributed by atoms with E-state index in [0.29, 0.717) is 18.0 Å². The van der Waals surface area contributed by atoms with Crippen LogP contribution in [0.1, 0.15) is 31.0 Å². The molecular weight excluding hydrogens is 352 g/mol. The van der Waals surface area contributed by atoms with Crippen molar-refractivity contribution in [1.29, 1.82) is 0 Å². The van der Waals surface area contributed by atoms with Gasteiger partial charge in [-0.3, -0.25) is 9.69 Å². The van der Waals surface area contributed by atoms with Crippen molar-refractivity contribution < 1.29 is 14.3 Å². The molecule has 150 valence electrons. The number of likely N-dealkylation sites (N-methyl/N-ethyl adjacent to an activating group) is 1. The van der Waals surface area contributed by atoms with Crippen LogP contribution in [0.25, 0.3) is 6.08 Å². The average molecular weight is 383 g/mol. The van der Waals surface area contributed by atoms with Crippen molar-refractivity contribution in [1.82, 2.24) is 10.2 Å². The zero-order chi connectivity index (χ0) is 20.4. The first kappa shape index (κ1) is 21.5. The second-order valence-electron chi connectivity index (χ2n) is 6.37. The Morgan fingerprint density at radius 1 is 1.04 bits per heavy atom. The number of nitrogens with one attached hydrogen (secondary N) is 1. The number of hydrogen-bond acceptors (Lipinski definition) is 4. The lowest BCUT2D eigenvalue weighted by molar-refractivity contribution is -0.116. The third kappa shape index (κ3) is 6.13. The van der Waals surface area contributed by atoms with Gasteiger partial charge in [0.15, 0.2) is 0 Å². The summed E-state index contributed by atoms with van der Waals surface area (Å²) in [5.74, 6) is 1.24. The summed E-state index contributed by atoms with van der Waals surface area (Å²) in [5.41, 5.74) is 2.04. The Morgan fingerprint density at radius 2 is 1.64 bits per heavy atom. The molecule has 0 aromatic heterocycles. The fraction of sp³-hybridized carbons (Fsp3) is 0.348. The first-order valence-corrected chi connectivity index (χ1v) is 9.59. The predicted molar refractivity (Wildman–Crippen MR) is 114 cm³/mol. The molecule has 0 unspecified atom stereocenters. The number of amides is 1. The molecule has 2 aromatic carbocycles. The van der Waals surface area contributed by atoms with E-state index in [1.165, 1.54) is 5.56 Å². The summed E-state index contributed by atoms with van der Waals surface area (Å²) in [6.45, 7) is 6.67. The summed E-state index contributed by atoms with van der Waals surface area (Å²) in [7, 11) is 3.21. The number of carbonyl (C=O) groups is 1. The molecule has 0 radical (unpaired) electrons. The van der Waals surface area contributed by atoms with Crippen molar-refractivity contribution in [3.8, 4) is 11.5 Å². The molecule has 0 saturated carbocycles. The molecule has 0 aliphatic carbocycles. The van der Waals surface area contributed by atoms with Crippen LogP contribution >= 0.6 is 0 Å². The van der Waals surface area contributed by atoms with Gasteiger partial charge in [-0.2, -0.15) is 0 Å². The smallest absolute Gasteiger partial charge is 0.244 e. The number of rotatable bonds is 10. The highest BCUT2D eigenvalue weighted by molar-refractivity contribution is 5.91. The number of methoxy groups -OCH3 is 2. The predicted octanol–water partition coefficient (Wildman–Crippen LogP) is 3.92. The Hall–Kier alpha value is -2.79. The number of benzene rings is 2. The standard InChI is InChI=1S/C23H30N2O3/c1-5-25(6-2)22(19-10-8-7-9-11-19)17-24-23(26)13-12-18-14-20(27-3)16-21(15-18)28-4/h7-16,22H,5-6,17H2,1-4H3,(H,24,26)/b13-12+/t22-/m0/s1. The van der Waals surface area contributed by atoms with Gasteiger partial charge in [0.1, 0.15) is 11.5 Å². The number of nitrogens with zero attached hydrogens (tertiary/aromatic N) is 1. The number of carbonyl (C=O) groups excluding carboxylic acids is 1. The van der Waals surface area contributed by atoms with Crippen LogP contribution < -0.4 is 14.8 Å². The summed E-state index contributed by atoms with van der Waals surface area (Å²) in [4.78, 5) is 14.7. The van der Waals surface area contributed by atoms with Crippen LogP contribution in [-0.2, 0) is 4.79 Å².